The molecule has 0 saturated carbocycles. The van der Waals surface area contributed by atoms with Gasteiger partial charge in [0.1, 0.15) is 18.1 Å². The maximum absolute atomic E-state index is 12.6. The summed E-state index contributed by atoms with van der Waals surface area (Å²) in [5.41, 5.74) is 10.4. The molecule has 12 nitrogen and oxygen atoms in total. The molecule has 0 spiro atoms. The van der Waals surface area contributed by atoms with Gasteiger partial charge in [0.25, 0.3) is 0 Å². The Morgan fingerprint density at radius 3 is 2.32 bits per heavy atom. The number of hydrogen-bond acceptors (Lipinski definition) is 7. The fourth-order valence-electron chi connectivity index (χ4n) is 2.80. The SMILES string of the molecule is CC(N)C(=O)NC(CO)C(=O)N1CCCC1C(=O)NC(CCC(N)=O)C(=O)O. The second-order valence-corrected chi connectivity index (χ2v) is 6.63. The molecular weight excluding hydrogens is 374 g/mol. The zero-order valence-electron chi connectivity index (χ0n) is 15.6. The highest BCUT2D eigenvalue weighted by Crippen LogP contribution is 2.19. The average Bonchev–Trinajstić information content (AvgIpc) is 3.11. The Kier molecular flexibility index (Phi) is 8.79. The van der Waals surface area contributed by atoms with Gasteiger partial charge in [-0.15, -0.1) is 0 Å². The van der Waals surface area contributed by atoms with E-state index in [2.05, 4.69) is 10.6 Å². The smallest absolute Gasteiger partial charge is 0.326 e. The van der Waals surface area contributed by atoms with Crippen LogP contribution in [-0.2, 0) is 24.0 Å². The monoisotopic (exact) mass is 401 g/mol. The number of aliphatic hydroxyl groups is 1. The van der Waals surface area contributed by atoms with E-state index in [0.717, 1.165) is 0 Å². The number of nitrogens with two attached hydrogens (primary N) is 2. The van der Waals surface area contributed by atoms with Gasteiger partial charge in [0.15, 0.2) is 0 Å². The first-order chi connectivity index (χ1) is 13.1. The van der Waals surface area contributed by atoms with Crippen molar-refractivity contribution < 1.29 is 34.2 Å². The molecular formula is C16H27N5O7. The summed E-state index contributed by atoms with van der Waals surface area (Å²) in [7, 11) is 0. The number of hydrogen-bond donors (Lipinski definition) is 6. The molecule has 0 aromatic heterocycles. The molecule has 4 atom stereocenters. The largest absolute Gasteiger partial charge is 0.480 e. The van der Waals surface area contributed by atoms with Crippen LogP contribution in [0.15, 0.2) is 0 Å². The van der Waals surface area contributed by atoms with Crippen molar-refractivity contribution in [3.8, 4) is 0 Å². The molecule has 0 aromatic carbocycles. The lowest BCUT2D eigenvalue weighted by molar-refractivity contribution is -0.145. The number of carbonyl (C=O) groups excluding carboxylic acids is 4. The molecule has 0 radical (unpaired) electrons. The highest BCUT2D eigenvalue weighted by atomic mass is 16.4. The number of likely N-dealkylation sites (tertiary alicyclic amines) is 1. The van der Waals surface area contributed by atoms with Crippen LogP contribution in [0.4, 0.5) is 0 Å². The van der Waals surface area contributed by atoms with Crippen molar-refractivity contribution in [2.24, 2.45) is 11.5 Å². The van der Waals surface area contributed by atoms with Crippen LogP contribution in [0.1, 0.15) is 32.6 Å². The van der Waals surface area contributed by atoms with Crippen molar-refractivity contribution in [1.82, 2.24) is 15.5 Å². The number of primary amides is 1. The number of aliphatic hydroxyl groups excluding tert-OH is 1. The lowest BCUT2D eigenvalue weighted by Crippen LogP contribution is -2.57. The Labute approximate surface area is 161 Å². The van der Waals surface area contributed by atoms with Gasteiger partial charge in [-0.25, -0.2) is 4.79 Å². The fraction of sp³-hybridized carbons (Fsp3) is 0.688. The number of carboxylic acids is 1. The standard InChI is InChI=1S/C16H27N5O7/c1-8(17)13(24)20-10(7-22)15(26)21-6-2-3-11(21)14(25)19-9(16(27)28)4-5-12(18)23/h8-11,22H,2-7,17H2,1H3,(H2,18,23)(H,19,25)(H,20,24)(H,27,28). The number of carbonyl (C=O) groups is 5. The number of nitrogens with one attached hydrogen (secondary N) is 2. The van der Waals surface area contributed by atoms with E-state index in [4.69, 9.17) is 11.5 Å². The highest BCUT2D eigenvalue weighted by Gasteiger charge is 2.38. The van der Waals surface area contributed by atoms with Crippen molar-refractivity contribution in [3.63, 3.8) is 0 Å². The second-order valence-electron chi connectivity index (χ2n) is 6.63. The summed E-state index contributed by atoms with van der Waals surface area (Å²) in [5.74, 6) is -4.03. The number of carboxylic acid groups (broad SMARTS) is 1. The molecule has 1 aliphatic heterocycles. The topological polar surface area (TPSA) is 205 Å². The summed E-state index contributed by atoms with van der Waals surface area (Å²) in [5, 5.41) is 23.2. The van der Waals surface area contributed by atoms with Crippen molar-refractivity contribution in [2.75, 3.05) is 13.2 Å². The molecule has 1 heterocycles. The third-order valence-electron chi connectivity index (χ3n) is 4.34. The Hall–Kier alpha value is -2.73. The van der Waals surface area contributed by atoms with Crippen LogP contribution in [0.2, 0.25) is 0 Å². The minimum Gasteiger partial charge on any atom is -0.480 e. The number of aliphatic carboxylic acids is 1. The molecule has 1 saturated heterocycles. The van der Waals surface area contributed by atoms with Gasteiger partial charge in [0, 0.05) is 13.0 Å². The van der Waals surface area contributed by atoms with Gasteiger partial charge in [-0.2, -0.15) is 0 Å². The summed E-state index contributed by atoms with van der Waals surface area (Å²) in [6.07, 6.45) is 0.378. The Balaban J connectivity index is 2.82. The van der Waals surface area contributed by atoms with Gasteiger partial charge >= 0.3 is 5.97 Å². The van der Waals surface area contributed by atoms with Crippen molar-refractivity contribution >= 4 is 29.6 Å². The fourth-order valence-corrected chi connectivity index (χ4v) is 2.80. The number of amides is 4. The van der Waals surface area contributed by atoms with E-state index in [1.807, 2.05) is 0 Å². The van der Waals surface area contributed by atoms with Gasteiger partial charge in [-0.1, -0.05) is 0 Å². The van der Waals surface area contributed by atoms with Crippen LogP contribution in [0.3, 0.4) is 0 Å². The van der Waals surface area contributed by atoms with E-state index >= 15 is 0 Å². The van der Waals surface area contributed by atoms with Crippen LogP contribution in [0, 0.1) is 0 Å². The van der Waals surface area contributed by atoms with E-state index in [-0.39, 0.29) is 19.4 Å². The first-order valence-corrected chi connectivity index (χ1v) is 8.87. The van der Waals surface area contributed by atoms with Gasteiger partial charge in [-0.3, -0.25) is 19.2 Å². The molecule has 1 fully saturated rings. The van der Waals surface area contributed by atoms with Gasteiger partial charge < -0.3 is 37.2 Å². The molecule has 1 rings (SSSR count). The first kappa shape index (κ1) is 23.3. The number of rotatable bonds is 10. The zero-order chi connectivity index (χ0) is 21.4. The van der Waals surface area contributed by atoms with Crippen molar-refractivity contribution in [3.05, 3.63) is 0 Å². The third-order valence-corrected chi connectivity index (χ3v) is 4.34. The van der Waals surface area contributed by atoms with Gasteiger partial charge in [0.2, 0.25) is 23.6 Å². The minimum absolute atomic E-state index is 0.180. The minimum atomic E-state index is -1.33. The van der Waals surface area contributed by atoms with Crippen molar-refractivity contribution in [1.29, 1.82) is 0 Å². The van der Waals surface area contributed by atoms with E-state index in [1.54, 1.807) is 0 Å². The Morgan fingerprint density at radius 1 is 1.18 bits per heavy atom. The Bertz CT molecular complexity index is 625. The zero-order valence-corrected chi connectivity index (χ0v) is 15.6. The molecule has 4 unspecified atom stereocenters. The molecule has 158 valence electrons. The van der Waals surface area contributed by atoms with Crippen LogP contribution < -0.4 is 22.1 Å². The van der Waals surface area contributed by atoms with Crippen LogP contribution in [-0.4, -0.2) is 82.0 Å². The number of nitrogens with zero attached hydrogens (tertiary/aromatic N) is 1. The predicted molar refractivity (Wildman–Crippen MR) is 95.4 cm³/mol. The molecule has 4 amide bonds. The third kappa shape index (κ3) is 6.46. The summed E-state index contributed by atoms with van der Waals surface area (Å²) < 4.78 is 0. The van der Waals surface area contributed by atoms with Crippen LogP contribution >= 0.6 is 0 Å². The van der Waals surface area contributed by atoms with E-state index in [0.29, 0.717) is 12.8 Å². The van der Waals surface area contributed by atoms with Crippen LogP contribution in [0.25, 0.3) is 0 Å². The quantitative estimate of drug-likeness (QED) is 0.217. The predicted octanol–water partition coefficient (Wildman–Crippen LogP) is -3.36. The van der Waals surface area contributed by atoms with E-state index in [9.17, 15) is 34.2 Å². The average molecular weight is 401 g/mol. The molecule has 8 N–H and O–H groups in total. The van der Waals surface area contributed by atoms with E-state index < -0.39 is 60.4 Å². The summed E-state index contributed by atoms with van der Waals surface area (Å²) in [6, 6.07) is -4.44. The normalized spacial score (nSPS) is 19.4. The van der Waals surface area contributed by atoms with E-state index in [1.165, 1.54) is 11.8 Å². The van der Waals surface area contributed by atoms with Gasteiger partial charge in [0.05, 0.1) is 12.6 Å². The maximum atomic E-state index is 12.6. The lowest BCUT2D eigenvalue weighted by atomic mass is 10.1. The Morgan fingerprint density at radius 2 is 1.82 bits per heavy atom. The molecule has 12 heteroatoms. The molecule has 0 bridgehead atoms. The van der Waals surface area contributed by atoms with Crippen LogP contribution in [0.5, 0.6) is 0 Å². The summed E-state index contributed by atoms with van der Waals surface area (Å²) in [6.45, 7) is 0.942. The molecule has 0 aliphatic carbocycles. The summed E-state index contributed by atoms with van der Waals surface area (Å²) >= 11 is 0. The second kappa shape index (κ2) is 10.6. The summed E-state index contributed by atoms with van der Waals surface area (Å²) in [4.78, 5) is 60.2. The molecule has 28 heavy (non-hydrogen) atoms. The van der Waals surface area contributed by atoms with Gasteiger partial charge in [-0.05, 0) is 26.2 Å². The molecule has 0 aromatic rings. The molecule has 1 aliphatic rings. The maximum Gasteiger partial charge on any atom is 0.326 e. The first-order valence-electron chi connectivity index (χ1n) is 8.87. The lowest BCUT2D eigenvalue weighted by Gasteiger charge is -2.29. The highest BCUT2D eigenvalue weighted by molar-refractivity contribution is 5.94. The van der Waals surface area contributed by atoms with Crippen molar-refractivity contribution in [2.45, 2.75) is 56.8 Å².